The highest BCUT2D eigenvalue weighted by Gasteiger charge is 2.23. The molecular weight excluding hydrogens is 270 g/mol. The monoisotopic (exact) mass is 285 g/mol. The first-order valence-corrected chi connectivity index (χ1v) is 7.44. The number of carboxylic acid groups (broad SMARTS) is 1. The summed E-state index contributed by atoms with van der Waals surface area (Å²) in [7, 11) is 0. The highest BCUT2D eigenvalue weighted by Crippen LogP contribution is 2.34. The lowest BCUT2D eigenvalue weighted by Crippen LogP contribution is -2.21. The maximum atomic E-state index is 11.1. The fourth-order valence-corrected chi connectivity index (χ4v) is 3.18. The lowest BCUT2D eigenvalue weighted by atomic mass is 10.0. The van der Waals surface area contributed by atoms with Crippen molar-refractivity contribution in [1.82, 2.24) is 0 Å². The van der Waals surface area contributed by atoms with Gasteiger partial charge in [0.05, 0.1) is 11.3 Å². The van der Waals surface area contributed by atoms with Crippen LogP contribution in [0.1, 0.15) is 29.3 Å². The number of hydrogen-bond acceptors (Lipinski definition) is 3. The van der Waals surface area contributed by atoms with Gasteiger partial charge in [-0.15, -0.1) is 0 Å². The molecular formula is C16H15NO2S. The Balaban J connectivity index is 1.93. The Morgan fingerprint density at radius 1 is 1.40 bits per heavy atom. The molecule has 1 unspecified atom stereocenters. The van der Waals surface area contributed by atoms with E-state index in [2.05, 4.69) is 34.9 Å². The maximum absolute atomic E-state index is 11.1. The molecule has 0 fully saturated rings. The van der Waals surface area contributed by atoms with Crippen LogP contribution in [0.2, 0.25) is 0 Å². The first-order valence-electron chi connectivity index (χ1n) is 6.50. The molecule has 3 nitrogen and oxygen atoms in total. The molecule has 1 aliphatic heterocycles. The third-order valence-electron chi connectivity index (χ3n) is 3.57. The number of hydrogen-bond donors (Lipinski definition) is 1. The second-order valence-corrected chi connectivity index (χ2v) is 5.76. The molecule has 0 bridgehead atoms. The van der Waals surface area contributed by atoms with Gasteiger partial charge in [0.25, 0.3) is 0 Å². The summed E-state index contributed by atoms with van der Waals surface area (Å²) in [6.45, 7) is 2.18. The molecule has 2 heterocycles. The Morgan fingerprint density at radius 2 is 2.25 bits per heavy atom. The number of carbonyl (C=O) groups is 1. The van der Waals surface area contributed by atoms with Crippen LogP contribution >= 0.6 is 11.3 Å². The number of thiophene rings is 1. The zero-order chi connectivity index (χ0) is 14.1. The van der Waals surface area contributed by atoms with Crippen LogP contribution in [-0.4, -0.2) is 17.1 Å². The smallest absolute Gasteiger partial charge is 0.335 e. The third kappa shape index (κ3) is 2.34. The number of benzene rings is 1. The molecule has 0 amide bonds. The van der Waals surface area contributed by atoms with Crippen LogP contribution in [-0.2, 0) is 0 Å². The van der Waals surface area contributed by atoms with E-state index in [1.54, 1.807) is 29.5 Å². The molecule has 0 aliphatic carbocycles. The van der Waals surface area contributed by atoms with E-state index in [9.17, 15) is 4.79 Å². The van der Waals surface area contributed by atoms with E-state index in [1.807, 2.05) is 6.07 Å². The topological polar surface area (TPSA) is 40.5 Å². The van der Waals surface area contributed by atoms with Gasteiger partial charge in [0.2, 0.25) is 0 Å². The van der Waals surface area contributed by atoms with Gasteiger partial charge in [0.15, 0.2) is 0 Å². The third-order valence-corrected chi connectivity index (χ3v) is 4.24. The SMILES string of the molecule is CC1CC(c2cccc(C(=O)O)c2)=CN1c1ccsc1. The second kappa shape index (κ2) is 5.13. The van der Waals surface area contributed by atoms with Crippen molar-refractivity contribution in [1.29, 1.82) is 0 Å². The van der Waals surface area contributed by atoms with Gasteiger partial charge in [-0.25, -0.2) is 4.79 Å². The molecule has 4 heteroatoms. The highest BCUT2D eigenvalue weighted by molar-refractivity contribution is 7.08. The van der Waals surface area contributed by atoms with Gasteiger partial charge in [0.1, 0.15) is 0 Å². The normalized spacial score (nSPS) is 18.1. The molecule has 102 valence electrons. The number of anilines is 1. The van der Waals surface area contributed by atoms with Crippen LogP contribution in [0.4, 0.5) is 5.69 Å². The number of rotatable bonds is 3. The molecule has 0 spiro atoms. The van der Waals surface area contributed by atoms with Crippen molar-refractivity contribution in [3.8, 4) is 0 Å². The van der Waals surface area contributed by atoms with Gasteiger partial charge in [-0.3, -0.25) is 0 Å². The minimum Gasteiger partial charge on any atom is -0.478 e. The second-order valence-electron chi connectivity index (χ2n) is 4.98. The van der Waals surface area contributed by atoms with E-state index < -0.39 is 5.97 Å². The van der Waals surface area contributed by atoms with Crippen molar-refractivity contribution in [3.63, 3.8) is 0 Å². The molecule has 3 rings (SSSR count). The zero-order valence-corrected chi connectivity index (χ0v) is 11.9. The summed E-state index contributed by atoms with van der Waals surface area (Å²) in [5, 5.41) is 13.3. The molecule has 0 saturated carbocycles. The van der Waals surface area contributed by atoms with Crippen molar-refractivity contribution in [2.45, 2.75) is 19.4 Å². The summed E-state index contributed by atoms with van der Waals surface area (Å²) in [5.41, 5.74) is 3.72. The van der Waals surface area contributed by atoms with Crippen LogP contribution in [0.3, 0.4) is 0 Å². The number of aromatic carboxylic acids is 1. The van der Waals surface area contributed by atoms with Crippen LogP contribution in [0.15, 0.2) is 47.3 Å². The van der Waals surface area contributed by atoms with Gasteiger partial charge >= 0.3 is 5.97 Å². The van der Waals surface area contributed by atoms with E-state index >= 15 is 0 Å². The van der Waals surface area contributed by atoms with E-state index in [-0.39, 0.29) is 0 Å². The summed E-state index contributed by atoms with van der Waals surface area (Å²) >= 11 is 1.68. The molecule has 20 heavy (non-hydrogen) atoms. The van der Waals surface area contributed by atoms with E-state index in [1.165, 1.54) is 11.3 Å². The molecule has 2 aromatic rings. The first-order chi connectivity index (χ1) is 9.65. The molecule has 1 aromatic heterocycles. The Hall–Kier alpha value is -2.07. The fraction of sp³-hybridized carbons (Fsp3) is 0.188. The Labute approximate surface area is 121 Å². The lowest BCUT2D eigenvalue weighted by molar-refractivity contribution is 0.0697. The number of nitrogens with zero attached hydrogens (tertiary/aromatic N) is 1. The van der Waals surface area contributed by atoms with E-state index in [0.29, 0.717) is 11.6 Å². The summed E-state index contributed by atoms with van der Waals surface area (Å²) < 4.78 is 0. The minimum absolute atomic E-state index is 0.338. The average Bonchev–Trinajstić information content (AvgIpc) is 3.07. The van der Waals surface area contributed by atoms with E-state index in [4.69, 9.17) is 5.11 Å². The zero-order valence-electron chi connectivity index (χ0n) is 11.1. The predicted octanol–water partition coefficient (Wildman–Crippen LogP) is 4.09. The maximum Gasteiger partial charge on any atom is 0.335 e. The quantitative estimate of drug-likeness (QED) is 0.923. The fourth-order valence-electron chi connectivity index (χ4n) is 2.54. The van der Waals surface area contributed by atoms with Crippen LogP contribution in [0.25, 0.3) is 5.57 Å². The van der Waals surface area contributed by atoms with Crippen molar-refractivity contribution >= 4 is 28.6 Å². The lowest BCUT2D eigenvalue weighted by Gasteiger charge is -2.20. The van der Waals surface area contributed by atoms with Crippen LogP contribution < -0.4 is 4.90 Å². The Morgan fingerprint density at radius 3 is 2.95 bits per heavy atom. The van der Waals surface area contributed by atoms with Crippen molar-refractivity contribution in [3.05, 3.63) is 58.4 Å². The van der Waals surface area contributed by atoms with E-state index in [0.717, 1.165) is 12.0 Å². The largest absolute Gasteiger partial charge is 0.478 e. The average molecular weight is 285 g/mol. The van der Waals surface area contributed by atoms with Crippen molar-refractivity contribution in [2.75, 3.05) is 4.90 Å². The Kier molecular flexibility index (Phi) is 3.32. The van der Waals surface area contributed by atoms with Crippen LogP contribution in [0, 0.1) is 0 Å². The predicted molar refractivity (Wildman–Crippen MR) is 82.3 cm³/mol. The molecule has 0 saturated heterocycles. The molecule has 1 aromatic carbocycles. The minimum atomic E-state index is -0.881. The highest BCUT2D eigenvalue weighted by atomic mass is 32.1. The number of carboxylic acids is 1. The van der Waals surface area contributed by atoms with Crippen LogP contribution in [0.5, 0.6) is 0 Å². The summed E-state index contributed by atoms with van der Waals surface area (Å²) in [6.07, 6.45) is 3.06. The van der Waals surface area contributed by atoms with Gasteiger partial charge < -0.3 is 10.0 Å². The van der Waals surface area contributed by atoms with Crippen molar-refractivity contribution in [2.24, 2.45) is 0 Å². The molecule has 1 aliphatic rings. The van der Waals surface area contributed by atoms with Gasteiger partial charge in [-0.05, 0) is 48.1 Å². The molecule has 1 N–H and O–H groups in total. The molecule has 1 atom stereocenters. The summed E-state index contributed by atoms with van der Waals surface area (Å²) in [5.74, 6) is -0.881. The summed E-state index contributed by atoms with van der Waals surface area (Å²) in [4.78, 5) is 13.3. The standard InChI is InChI=1S/C16H15NO2S/c1-11-7-14(9-17(11)15-5-6-20-10-15)12-3-2-4-13(8-12)16(18)19/h2-6,8-11H,7H2,1H3,(H,18,19). The molecule has 0 radical (unpaired) electrons. The van der Waals surface area contributed by atoms with Gasteiger partial charge in [-0.1, -0.05) is 12.1 Å². The van der Waals surface area contributed by atoms with Crippen molar-refractivity contribution < 1.29 is 9.90 Å². The van der Waals surface area contributed by atoms with Gasteiger partial charge in [0, 0.05) is 17.6 Å². The Bertz CT molecular complexity index is 661. The van der Waals surface area contributed by atoms with Gasteiger partial charge in [-0.2, -0.15) is 11.3 Å². The summed E-state index contributed by atoms with van der Waals surface area (Å²) in [6, 6.07) is 9.65. The first kappa shape index (κ1) is 12.9.